The second kappa shape index (κ2) is 5.11. The molecule has 16 heavy (non-hydrogen) atoms. The lowest BCUT2D eigenvalue weighted by Gasteiger charge is -2.35. The molecule has 2 N–H and O–H groups in total. The van der Waals surface area contributed by atoms with Gasteiger partial charge in [-0.15, -0.1) is 0 Å². The number of sulfone groups is 1. The lowest BCUT2D eigenvalue weighted by Crippen LogP contribution is -2.54. The monoisotopic (exact) mass is 250 g/mol. The van der Waals surface area contributed by atoms with Crippen LogP contribution in [0.1, 0.15) is 6.92 Å². The molecular weight excluding hydrogens is 232 g/mol. The van der Waals surface area contributed by atoms with E-state index in [4.69, 9.17) is 10.5 Å². The maximum absolute atomic E-state index is 11.9. The molecule has 1 saturated heterocycles. The zero-order chi connectivity index (χ0) is 12.3. The van der Waals surface area contributed by atoms with Crippen LogP contribution in [0.3, 0.4) is 0 Å². The average Bonchev–Trinajstić information content (AvgIpc) is 2.17. The largest absolute Gasteiger partial charge is 0.370 e. The molecule has 0 radical (unpaired) electrons. The summed E-state index contributed by atoms with van der Waals surface area (Å²) in [4.78, 5) is 13.4. The Balaban J connectivity index is 2.72. The molecule has 6 nitrogen and oxygen atoms in total. The summed E-state index contributed by atoms with van der Waals surface area (Å²) in [5, 5.41) is 0. The highest BCUT2D eigenvalue weighted by Crippen LogP contribution is 2.13. The van der Waals surface area contributed by atoms with Crippen LogP contribution in [0.25, 0.3) is 0 Å². The zero-order valence-corrected chi connectivity index (χ0v) is 10.4. The summed E-state index contributed by atoms with van der Waals surface area (Å²) in [5.74, 6) is -0.198. The van der Waals surface area contributed by atoms with Gasteiger partial charge in [-0.1, -0.05) is 0 Å². The van der Waals surface area contributed by atoms with E-state index in [0.29, 0.717) is 0 Å². The second-order valence-electron chi connectivity index (χ2n) is 3.96. The zero-order valence-electron chi connectivity index (χ0n) is 9.55. The third-order valence-corrected chi connectivity index (χ3v) is 4.52. The number of methoxy groups -OCH3 is 1. The number of ether oxygens (including phenoxy) is 1. The quantitative estimate of drug-likeness (QED) is 0.666. The Bertz CT molecular complexity index is 351. The molecule has 1 fully saturated rings. The molecule has 0 aromatic rings. The van der Waals surface area contributed by atoms with Crippen molar-refractivity contribution in [2.24, 2.45) is 5.73 Å². The smallest absolute Gasteiger partial charge is 0.253 e. The number of hydrogen-bond donors (Lipinski definition) is 1. The molecule has 0 aromatic carbocycles. The number of nitrogens with zero attached hydrogens (tertiary/aromatic N) is 1. The summed E-state index contributed by atoms with van der Waals surface area (Å²) in [6, 6.07) is -0.310. The fourth-order valence-electron chi connectivity index (χ4n) is 1.81. The Morgan fingerprint density at radius 1 is 1.62 bits per heavy atom. The molecule has 2 unspecified atom stereocenters. The van der Waals surface area contributed by atoms with Crippen molar-refractivity contribution in [2.75, 3.05) is 31.7 Å². The van der Waals surface area contributed by atoms with Crippen molar-refractivity contribution < 1.29 is 17.9 Å². The van der Waals surface area contributed by atoms with E-state index in [1.165, 1.54) is 12.0 Å². The predicted octanol–water partition coefficient (Wildman–Crippen LogP) is -1.39. The van der Waals surface area contributed by atoms with Gasteiger partial charge in [-0.05, 0) is 6.92 Å². The van der Waals surface area contributed by atoms with Gasteiger partial charge in [0.25, 0.3) is 5.91 Å². The van der Waals surface area contributed by atoms with Gasteiger partial charge in [0.05, 0.1) is 11.5 Å². The van der Waals surface area contributed by atoms with E-state index in [1.807, 2.05) is 0 Å². The van der Waals surface area contributed by atoms with Gasteiger partial charge in [0.15, 0.2) is 9.84 Å². The number of carbonyl (C=O) groups excluding carboxylic acids is 1. The highest BCUT2D eigenvalue weighted by molar-refractivity contribution is 7.91. The van der Waals surface area contributed by atoms with E-state index in [0.717, 1.165) is 0 Å². The molecule has 94 valence electrons. The Hall–Kier alpha value is -0.660. The first-order chi connectivity index (χ1) is 7.41. The van der Waals surface area contributed by atoms with Crippen molar-refractivity contribution in [3.63, 3.8) is 0 Å². The van der Waals surface area contributed by atoms with Gasteiger partial charge < -0.3 is 15.4 Å². The fourth-order valence-corrected chi connectivity index (χ4v) is 3.37. The summed E-state index contributed by atoms with van der Waals surface area (Å²) in [5.41, 5.74) is 5.40. The van der Waals surface area contributed by atoms with Gasteiger partial charge in [0.2, 0.25) is 0 Å². The van der Waals surface area contributed by atoms with Crippen molar-refractivity contribution in [3.05, 3.63) is 0 Å². The Labute approximate surface area is 95.7 Å². The summed E-state index contributed by atoms with van der Waals surface area (Å²) in [6.07, 6.45) is -0.678. The highest BCUT2D eigenvalue weighted by Gasteiger charge is 2.33. The first-order valence-corrected chi connectivity index (χ1v) is 6.97. The van der Waals surface area contributed by atoms with Gasteiger partial charge in [-0.2, -0.15) is 0 Å². The molecule has 1 aliphatic heterocycles. The molecule has 0 aromatic heterocycles. The predicted molar refractivity (Wildman–Crippen MR) is 59.7 cm³/mol. The molecule has 1 heterocycles. The van der Waals surface area contributed by atoms with E-state index in [9.17, 15) is 13.2 Å². The third-order valence-electron chi connectivity index (χ3n) is 2.73. The summed E-state index contributed by atoms with van der Waals surface area (Å²) in [7, 11) is -1.59. The van der Waals surface area contributed by atoms with E-state index < -0.39 is 15.9 Å². The van der Waals surface area contributed by atoms with Crippen LogP contribution in [-0.2, 0) is 19.4 Å². The van der Waals surface area contributed by atoms with Crippen LogP contribution >= 0.6 is 0 Å². The minimum absolute atomic E-state index is 0.0136. The number of nitrogens with two attached hydrogens (primary N) is 1. The van der Waals surface area contributed by atoms with E-state index in [2.05, 4.69) is 0 Å². The van der Waals surface area contributed by atoms with Crippen LogP contribution in [0.5, 0.6) is 0 Å². The van der Waals surface area contributed by atoms with Crippen LogP contribution < -0.4 is 5.73 Å². The average molecular weight is 250 g/mol. The van der Waals surface area contributed by atoms with Crippen LogP contribution in [-0.4, -0.2) is 63.1 Å². The minimum atomic E-state index is -3.00. The highest BCUT2D eigenvalue weighted by atomic mass is 32.2. The van der Waals surface area contributed by atoms with E-state index in [1.54, 1.807) is 6.92 Å². The lowest BCUT2D eigenvalue weighted by molar-refractivity contribution is -0.142. The molecule has 0 spiro atoms. The standard InChI is InChI=1S/C9H18N2O4S/c1-7-6-16(13,14)4-3-11(7)9(12)8(5-10)15-2/h7-8H,3-6,10H2,1-2H3. The van der Waals surface area contributed by atoms with Gasteiger partial charge in [-0.25, -0.2) is 8.42 Å². The Kier molecular flexibility index (Phi) is 4.28. The van der Waals surface area contributed by atoms with E-state index in [-0.39, 0.29) is 36.5 Å². The lowest BCUT2D eigenvalue weighted by atomic mass is 10.2. The van der Waals surface area contributed by atoms with E-state index >= 15 is 0 Å². The van der Waals surface area contributed by atoms with Crippen LogP contribution in [0.2, 0.25) is 0 Å². The SMILES string of the molecule is COC(CN)C(=O)N1CCS(=O)(=O)CC1C. The molecule has 1 amide bonds. The van der Waals surface area contributed by atoms with Crippen molar-refractivity contribution in [1.29, 1.82) is 0 Å². The summed E-state index contributed by atoms with van der Waals surface area (Å²) < 4.78 is 27.6. The van der Waals surface area contributed by atoms with Crippen molar-refractivity contribution >= 4 is 15.7 Å². The number of hydrogen-bond acceptors (Lipinski definition) is 5. The van der Waals surface area contributed by atoms with Gasteiger partial charge in [-0.3, -0.25) is 4.79 Å². The Morgan fingerprint density at radius 3 is 2.69 bits per heavy atom. The molecular formula is C9H18N2O4S. The molecule has 0 aliphatic carbocycles. The second-order valence-corrected chi connectivity index (χ2v) is 6.18. The van der Waals surface area contributed by atoms with Gasteiger partial charge in [0.1, 0.15) is 6.10 Å². The minimum Gasteiger partial charge on any atom is -0.370 e. The van der Waals surface area contributed by atoms with Crippen molar-refractivity contribution in [3.8, 4) is 0 Å². The first-order valence-electron chi connectivity index (χ1n) is 5.15. The van der Waals surface area contributed by atoms with Gasteiger partial charge in [0, 0.05) is 26.2 Å². The van der Waals surface area contributed by atoms with Crippen LogP contribution in [0.4, 0.5) is 0 Å². The Morgan fingerprint density at radius 2 is 2.25 bits per heavy atom. The number of amides is 1. The summed E-state index contributed by atoms with van der Waals surface area (Å²) in [6.45, 7) is 2.05. The maximum Gasteiger partial charge on any atom is 0.253 e. The topological polar surface area (TPSA) is 89.7 Å². The maximum atomic E-state index is 11.9. The fraction of sp³-hybridized carbons (Fsp3) is 0.889. The van der Waals surface area contributed by atoms with Crippen LogP contribution in [0, 0.1) is 0 Å². The van der Waals surface area contributed by atoms with Crippen molar-refractivity contribution in [1.82, 2.24) is 4.90 Å². The van der Waals surface area contributed by atoms with Crippen molar-refractivity contribution in [2.45, 2.75) is 19.1 Å². The molecule has 2 atom stereocenters. The normalized spacial score (nSPS) is 26.4. The molecule has 1 rings (SSSR count). The van der Waals surface area contributed by atoms with Gasteiger partial charge >= 0.3 is 0 Å². The number of rotatable bonds is 3. The molecule has 0 bridgehead atoms. The number of carbonyl (C=O) groups is 1. The first kappa shape index (κ1) is 13.4. The molecule has 7 heteroatoms. The summed E-state index contributed by atoms with van der Waals surface area (Å²) >= 11 is 0. The van der Waals surface area contributed by atoms with Crippen LogP contribution in [0.15, 0.2) is 0 Å². The third kappa shape index (κ3) is 2.93. The molecule has 0 saturated carbocycles. The molecule has 1 aliphatic rings.